The SMILES string of the molecule is Cc1cc2[nH]cc(C(=O)OCC34CCN(CC3)CC4)c2cc1Cl.Cl. The van der Waals surface area contributed by atoms with E-state index in [9.17, 15) is 4.79 Å². The largest absolute Gasteiger partial charge is 0.461 e. The third kappa shape index (κ3) is 3.03. The number of H-pyrrole nitrogens is 1. The van der Waals surface area contributed by atoms with Gasteiger partial charge in [0.1, 0.15) is 0 Å². The van der Waals surface area contributed by atoms with Crippen LogP contribution in [0.15, 0.2) is 18.3 Å². The lowest BCUT2D eigenvalue weighted by atomic mass is 9.73. The van der Waals surface area contributed by atoms with Crippen LogP contribution in [-0.4, -0.2) is 42.1 Å². The van der Waals surface area contributed by atoms with Gasteiger partial charge in [0, 0.05) is 27.5 Å². The highest BCUT2D eigenvalue weighted by Crippen LogP contribution is 2.40. The number of aromatic nitrogens is 1. The van der Waals surface area contributed by atoms with Gasteiger partial charge in [-0.3, -0.25) is 0 Å². The number of nitrogens with one attached hydrogen (secondary N) is 1. The van der Waals surface area contributed by atoms with Crippen LogP contribution < -0.4 is 0 Å². The van der Waals surface area contributed by atoms with E-state index in [0.717, 1.165) is 55.4 Å². The van der Waals surface area contributed by atoms with Crippen molar-refractivity contribution >= 4 is 40.9 Å². The summed E-state index contributed by atoms with van der Waals surface area (Å²) in [5.41, 5.74) is 2.69. The lowest BCUT2D eigenvalue weighted by molar-refractivity contribution is -0.0304. The Balaban J connectivity index is 0.00000169. The highest BCUT2D eigenvalue weighted by Gasteiger charge is 2.40. The Kier molecular flexibility index (Phi) is 4.82. The molecule has 0 atom stereocenters. The molecule has 6 heteroatoms. The van der Waals surface area contributed by atoms with Crippen LogP contribution in [-0.2, 0) is 4.74 Å². The first-order valence-electron chi connectivity index (χ1n) is 8.23. The molecule has 4 heterocycles. The van der Waals surface area contributed by atoms with E-state index in [1.54, 1.807) is 6.20 Å². The topological polar surface area (TPSA) is 45.3 Å². The Morgan fingerprint density at radius 2 is 1.96 bits per heavy atom. The Morgan fingerprint density at radius 1 is 1.29 bits per heavy atom. The number of piperidine rings is 3. The number of rotatable bonds is 3. The summed E-state index contributed by atoms with van der Waals surface area (Å²) in [5, 5.41) is 1.51. The molecule has 0 spiro atoms. The zero-order chi connectivity index (χ0) is 16.0. The molecule has 0 radical (unpaired) electrons. The van der Waals surface area contributed by atoms with Gasteiger partial charge in [-0.1, -0.05) is 11.6 Å². The summed E-state index contributed by atoms with van der Waals surface area (Å²) < 4.78 is 5.70. The lowest BCUT2D eigenvalue weighted by Gasteiger charge is -2.47. The smallest absolute Gasteiger partial charge is 0.340 e. The summed E-state index contributed by atoms with van der Waals surface area (Å²) >= 11 is 6.20. The quantitative estimate of drug-likeness (QED) is 0.825. The van der Waals surface area contributed by atoms with Crippen LogP contribution in [0.2, 0.25) is 5.02 Å². The molecular weight excluding hydrogens is 347 g/mol. The molecule has 0 aliphatic carbocycles. The number of esters is 1. The van der Waals surface area contributed by atoms with E-state index in [1.165, 1.54) is 0 Å². The molecule has 0 unspecified atom stereocenters. The molecule has 130 valence electrons. The number of carbonyl (C=O) groups excluding carboxylic acids is 1. The van der Waals surface area contributed by atoms with Crippen molar-refractivity contribution in [2.24, 2.45) is 5.41 Å². The van der Waals surface area contributed by atoms with Crippen molar-refractivity contribution in [3.05, 3.63) is 34.5 Å². The molecule has 4 nitrogen and oxygen atoms in total. The second-order valence-electron chi connectivity index (χ2n) is 7.02. The number of hydrogen-bond donors (Lipinski definition) is 1. The fourth-order valence-electron chi connectivity index (χ4n) is 3.83. The lowest BCUT2D eigenvalue weighted by Crippen LogP contribution is -2.50. The maximum Gasteiger partial charge on any atom is 0.340 e. The van der Waals surface area contributed by atoms with Gasteiger partial charge in [0.15, 0.2) is 0 Å². The van der Waals surface area contributed by atoms with Gasteiger partial charge < -0.3 is 14.6 Å². The monoisotopic (exact) mass is 368 g/mol. The van der Waals surface area contributed by atoms with Gasteiger partial charge in [0.05, 0.1) is 12.2 Å². The molecule has 3 saturated heterocycles. The van der Waals surface area contributed by atoms with Gasteiger partial charge in [-0.05, 0) is 63.5 Å². The first-order valence-corrected chi connectivity index (χ1v) is 8.61. The minimum atomic E-state index is -0.251. The van der Waals surface area contributed by atoms with E-state index in [1.807, 2.05) is 19.1 Å². The van der Waals surface area contributed by atoms with E-state index < -0.39 is 0 Å². The van der Waals surface area contributed by atoms with Gasteiger partial charge in [0.2, 0.25) is 0 Å². The highest BCUT2D eigenvalue weighted by atomic mass is 35.5. The third-order valence-electron chi connectivity index (χ3n) is 5.57. The minimum absolute atomic E-state index is 0. The maximum atomic E-state index is 12.5. The van der Waals surface area contributed by atoms with Crippen LogP contribution in [0.1, 0.15) is 35.2 Å². The van der Waals surface area contributed by atoms with E-state index in [-0.39, 0.29) is 23.8 Å². The standard InChI is InChI=1S/C18H21ClN2O2.ClH/c1-12-8-16-13(9-15(12)19)14(10-20-16)17(22)23-11-18-2-5-21(6-3-18)7-4-18;/h8-10,20H,2-7,11H2,1H3;1H. The second-order valence-corrected chi connectivity index (χ2v) is 7.42. The number of fused-ring (bicyclic) bond motifs is 4. The van der Waals surface area contributed by atoms with Crippen molar-refractivity contribution in [3.8, 4) is 0 Å². The molecule has 0 saturated carbocycles. The van der Waals surface area contributed by atoms with Crippen molar-refractivity contribution in [1.29, 1.82) is 0 Å². The Bertz CT molecular complexity index is 750. The van der Waals surface area contributed by atoms with Crippen LogP contribution in [0.4, 0.5) is 0 Å². The van der Waals surface area contributed by atoms with Crippen LogP contribution in [0, 0.1) is 12.3 Å². The molecule has 1 aromatic heterocycles. The van der Waals surface area contributed by atoms with Gasteiger partial charge in [-0.25, -0.2) is 4.79 Å². The zero-order valence-corrected chi connectivity index (χ0v) is 15.3. The molecule has 3 aliphatic rings. The summed E-state index contributed by atoms with van der Waals surface area (Å²) in [6, 6.07) is 3.81. The van der Waals surface area contributed by atoms with Gasteiger partial charge in [-0.2, -0.15) is 0 Å². The van der Waals surface area contributed by atoms with Gasteiger partial charge in [0.25, 0.3) is 0 Å². The maximum absolute atomic E-state index is 12.5. The number of aryl methyl sites for hydroxylation is 1. The van der Waals surface area contributed by atoms with Crippen LogP contribution in [0.3, 0.4) is 0 Å². The predicted molar refractivity (Wildman–Crippen MR) is 98.3 cm³/mol. The number of aromatic amines is 1. The van der Waals surface area contributed by atoms with Crippen molar-refractivity contribution in [2.45, 2.75) is 26.2 Å². The predicted octanol–water partition coefficient (Wildman–Crippen LogP) is 4.19. The zero-order valence-electron chi connectivity index (χ0n) is 13.7. The fraction of sp³-hybridized carbons (Fsp3) is 0.500. The fourth-order valence-corrected chi connectivity index (χ4v) is 3.99. The Hall–Kier alpha value is -1.23. The molecule has 2 bridgehead atoms. The minimum Gasteiger partial charge on any atom is -0.461 e. The number of benzene rings is 1. The summed E-state index contributed by atoms with van der Waals surface area (Å²) in [5.74, 6) is -0.251. The molecule has 3 fully saturated rings. The van der Waals surface area contributed by atoms with E-state index in [4.69, 9.17) is 16.3 Å². The average Bonchev–Trinajstić information content (AvgIpc) is 2.98. The highest BCUT2D eigenvalue weighted by molar-refractivity contribution is 6.32. The third-order valence-corrected chi connectivity index (χ3v) is 5.97. The van der Waals surface area contributed by atoms with Crippen molar-refractivity contribution in [3.63, 3.8) is 0 Å². The van der Waals surface area contributed by atoms with Crippen molar-refractivity contribution < 1.29 is 9.53 Å². The second kappa shape index (κ2) is 6.58. The average molecular weight is 369 g/mol. The van der Waals surface area contributed by atoms with E-state index >= 15 is 0 Å². The number of halogens is 2. The van der Waals surface area contributed by atoms with Crippen LogP contribution in [0.25, 0.3) is 10.9 Å². The number of hydrogen-bond acceptors (Lipinski definition) is 3. The molecule has 1 N–H and O–H groups in total. The van der Waals surface area contributed by atoms with Gasteiger partial charge >= 0.3 is 5.97 Å². The molecule has 24 heavy (non-hydrogen) atoms. The van der Waals surface area contributed by atoms with Crippen molar-refractivity contribution in [1.82, 2.24) is 9.88 Å². The number of ether oxygens (including phenoxy) is 1. The number of nitrogens with zero attached hydrogens (tertiary/aromatic N) is 1. The molecule has 1 aromatic carbocycles. The van der Waals surface area contributed by atoms with Crippen LogP contribution in [0.5, 0.6) is 0 Å². The van der Waals surface area contributed by atoms with E-state index in [2.05, 4.69) is 9.88 Å². The Morgan fingerprint density at radius 3 is 2.62 bits per heavy atom. The molecule has 3 aliphatic heterocycles. The Labute approximate surface area is 152 Å². The first kappa shape index (κ1) is 17.6. The summed E-state index contributed by atoms with van der Waals surface area (Å²) in [6.45, 7) is 5.90. The molecule has 2 aromatic rings. The van der Waals surface area contributed by atoms with Crippen molar-refractivity contribution in [2.75, 3.05) is 26.2 Å². The molecule has 0 amide bonds. The van der Waals surface area contributed by atoms with Crippen LogP contribution >= 0.6 is 24.0 Å². The normalized spacial score (nSPS) is 25.5. The summed E-state index contributed by atoms with van der Waals surface area (Å²) in [6.07, 6.45) is 5.14. The summed E-state index contributed by atoms with van der Waals surface area (Å²) in [7, 11) is 0. The van der Waals surface area contributed by atoms with E-state index in [0.29, 0.717) is 17.2 Å². The first-order chi connectivity index (χ1) is 11.1. The van der Waals surface area contributed by atoms with Gasteiger partial charge in [-0.15, -0.1) is 12.4 Å². The molecule has 5 rings (SSSR count). The molecular formula is C18H22Cl2N2O2. The number of carbonyl (C=O) groups is 1. The summed E-state index contributed by atoms with van der Waals surface area (Å²) in [4.78, 5) is 18.2.